The number of rotatable bonds is 21. The van der Waals surface area contributed by atoms with Crippen LogP contribution in [-0.2, 0) is 44.8 Å². The van der Waals surface area contributed by atoms with Gasteiger partial charge in [0.2, 0.25) is 41.4 Å². The number of nitrogens with one attached hydrogen (secondary N) is 4. The number of phenols is 1. The minimum Gasteiger partial charge on any atom is -0.508 e. The quantitative estimate of drug-likeness (QED) is 0.0334. The van der Waals surface area contributed by atoms with Crippen LogP contribution in [0.15, 0.2) is 29.3 Å². The SMILES string of the molecule is CC(C)[C@H](C(=O)N[C@H](CCC(=O)O)C(=O)N[C@@H]1CC(C)N([C@H](C)C(N)=O)C1=O)N1CC[C@@H](NC(=O)[C@@H](Cc2ccc(O)cc2)NC(=O)[C@H](N)CCCN=C(N)N)C1=O. The summed E-state index contributed by atoms with van der Waals surface area (Å²) in [5.74, 6) is -6.69. The summed E-state index contributed by atoms with van der Waals surface area (Å²) in [6.07, 6.45) is -0.0409. The zero-order valence-corrected chi connectivity index (χ0v) is 33.2. The number of benzene rings is 1. The van der Waals surface area contributed by atoms with Crippen molar-refractivity contribution in [2.75, 3.05) is 13.1 Å². The fourth-order valence-corrected chi connectivity index (χ4v) is 7.04. The Hall–Kier alpha value is -5.99. The second kappa shape index (κ2) is 21.0. The molecule has 1 unspecified atom stereocenters. The smallest absolute Gasteiger partial charge is 0.303 e. The molecule has 2 aliphatic rings. The lowest BCUT2D eigenvalue weighted by molar-refractivity contribution is -0.143. The number of aromatic hydroxyl groups is 1. The minimum absolute atomic E-state index is 0.00701. The molecule has 0 aliphatic carbocycles. The number of likely N-dealkylation sites (tertiary alicyclic amines) is 2. The number of primary amides is 1. The van der Waals surface area contributed by atoms with Gasteiger partial charge in [-0.15, -0.1) is 0 Å². The Kier molecular flexibility index (Phi) is 16.8. The number of amides is 7. The Morgan fingerprint density at radius 3 is 2.05 bits per heavy atom. The van der Waals surface area contributed by atoms with E-state index < -0.39 is 108 Å². The lowest BCUT2D eigenvalue weighted by Crippen LogP contribution is -2.58. The molecule has 8 atom stereocenters. The average molecular weight is 816 g/mol. The Bertz CT molecular complexity index is 1720. The van der Waals surface area contributed by atoms with Crippen LogP contribution in [0.5, 0.6) is 5.75 Å². The van der Waals surface area contributed by atoms with Crippen LogP contribution in [0.4, 0.5) is 0 Å². The normalized spacial score (nSPS) is 20.4. The number of nitrogens with zero attached hydrogens (tertiary/aromatic N) is 3. The maximum absolute atomic E-state index is 13.9. The van der Waals surface area contributed by atoms with Gasteiger partial charge in [-0.2, -0.15) is 0 Å². The van der Waals surface area contributed by atoms with Crippen LogP contribution < -0.4 is 44.2 Å². The number of hydrogen-bond acceptors (Lipinski definition) is 11. The van der Waals surface area contributed by atoms with Gasteiger partial charge >= 0.3 is 5.97 Å². The van der Waals surface area contributed by atoms with Gasteiger partial charge in [-0.1, -0.05) is 26.0 Å². The highest BCUT2D eigenvalue weighted by molar-refractivity contribution is 5.98. The molecule has 1 aromatic rings. The molecule has 320 valence electrons. The van der Waals surface area contributed by atoms with Crippen molar-refractivity contribution in [1.82, 2.24) is 31.1 Å². The fourth-order valence-electron chi connectivity index (χ4n) is 7.04. The van der Waals surface area contributed by atoms with E-state index in [4.69, 9.17) is 22.9 Å². The van der Waals surface area contributed by atoms with Crippen molar-refractivity contribution < 1.29 is 48.6 Å². The highest BCUT2D eigenvalue weighted by atomic mass is 16.4. The van der Waals surface area contributed by atoms with E-state index in [-0.39, 0.29) is 56.9 Å². The minimum atomic E-state index is -1.41. The largest absolute Gasteiger partial charge is 0.508 e. The van der Waals surface area contributed by atoms with Crippen molar-refractivity contribution in [3.8, 4) is 5.75 Å². The molecule has 2 saturated heterocycles. The molecule has 21 nitrogen and oxygen atoms in total. The summed E-state index contributed by atoms with van der Waals surface area (Å²) in [5, 5.41) is 29.6. The number of guanidine groups is 1. The van der Waals surface area contributed by atoms with E-state index in [0.717, 1.165) is 0 Å². The van der Waals surface area contributed by atoms with Gasteiger partial charge in [-0.25, -0.2) is 0 Å². The predicted octanol–water partition coefficient (Wildman–Crippen LogP) is -3.13. The Morgan fingerprint density at radius 1 is 0.862 bits per heavy atom. The highest BCUT2D eigenvalue weighted by Crippen LogP contribution is 2.23. The molecule has 0 radical (unpaired) electrons. The number of carbonyl (C=O) groups is 8. The highest BCUT2D eigenvalue weighted by Gasteiger charge is 2.44. The number of aliphatic imine (C=N–C) groups is 1. The molecule has 58 heavy (non-hydrogen) atoms. The first-order chi connectivity index (χ1) is 27.2. The van der Waals surface area contributed by atoms with Crippen molar-refractivity contribution in [3.63, 3.8) is 0 Å². The third-order valence-electron chi connectivity index (χ3n) is 10.1. The Balaban J connectivity index is 1.74. The van der Waals surface area contributed by atoms with Crippen molar-refractivity contribution >= 4 is 53.3 Å². The Morgan fingerprint density at radius 2 is 1.47 bits per heavy atom. The van der Waals surface area contributed by atoms with Gasteiger partial charge in [0.25, 0.3) is 0 Å². The van der Waals surface area contributed by atoms with Gasteiger partial charge in [0.1, 0.15) is 42.0 Å². The molecule has 21 heteroatoms. The van der Waals surface area contributed by atoms with Crippen LogP contribution in [-0.4, -0.2) is 135 Å². The molecule has 2 aliphatic heterocycles. The molecular formula is C37H57N11O10. The van der Waals surface area contributed by atoms with E-state index in [0.29, 0.717) is 12.0 Å². The third-order valence-corrected chi connectivity index (χ3v) is 10.1. The average Bonchev–Trinajstić information content (AvgIpc) is 3.63. The number of aliphatic carboxylic acids is 1. The molecule has 2 fully saturated rings. The monoisotopic (exact) mass is 815 g/mol. The summed E-state index contributed by atoms with van der Waals surface area (Å²) >= 11 is 0. The summed E-state index contributed by atoms with van der Waals surface area (Å²) in [6.45, 7) is 6.77. The first-order valence-electron chi connectivity index (χ1n) is 19.2. The molecule has 2 heterocycles. The molecule has 0 aromatic heterocycles. The van der Waals surface area contributed by atoms with Gasteiger partial charge in [0.05, 0.1) is 6.04 Å². The lowest BCUT2D eigenvalue weighted by atomic mass is 10.0. The number of carbonyl (C=O) groups excluding carboxylic acids is 7. The van der Waals surface area contributed by atoms with E-state index in [1.807, 2.05) is 0 Å². The van der Waals surface area contributed by atoms with E-state index in [9.17, 15) is 48.6 Å². The molecule has 0 spiro atoms. The molecule has 7 amide bonds. The first-order valence-corrected chi connectivity index (χ1v) is 19.2. The molecule has 3 rings (SSSR count). The van der Waals surface area contributed by atoms with Crippen LogP contribution in [0.2, 0.25) is 0 Å². The molecular weight excluding hydrogens is 758 g/mol. The maximum Gasteiger partial charge on any atom is 0.303 e. The van der Waals surface area contributed by atoms with Crippen molar-refractivity contribution in [3.05, 3.63) is 29.8 Å². The Labute approximate surface area is 336 Å². The molecule has 1 aromatic carbocycles. The fraction of sp³-hybridized carbons (Fsp3) is 0.595. The molecule has 0 saturated carbocycles. The maximum atomic E-state index is 13.9. The summed E-state index contributed by atoms with van der Waals surface area (Å²) in [5.41, 5.74) is 22.7. The van der Waals surface area contributed by atoms with E-state index >= 15 is 0 Å². The molecule has 0 bridgehead atoms. The summed E-state index contributed by atoms with van der Waals surface area (Å²) in [7, 11) is 0. The van der Waals surface area contributed by atoms with Gasteiger partial charge < -0.3 is 64.2 Å². The van der Waals surface area contributed by atoms with Crippen molar-refractivity contribution in [2.45, 2.75) is 121 Å². The predicted molar refractivity (Wildman–Crippen MR) is 209 cm³/mol. The third kappa shape index (κ3) is 12.8. The van der Waals surface area contributed by atoms with Gasteiger partial charge in [0.15, 0.2) is 5.96 Å². The van der Waals surface area contributed by atoms with Crippen molar-refractivity contribution in [2.24, 2.45) is 33.8 Å². The van der Waals surface area contributed by atoms with E-state index in [1.54, 1.807) is 32.9 Å². The number of carboxylic acid groups (broad SMARTS) is 1. The zero-order valence-electron chi connectivity index (χ0n) is 33.2. The van der Waals surface area contributed by atoms with Crippen LogP contribution in [0.1, 0.15) is 71.8 Å². The second-order valence-corrected chi connectivity index (χ2v) is 15.0. The van der Waals surface area contributed by atoms with Gasteiger partial charge in [-0.3, -0.25) is 43.3 Å². The van der Waals surface area contributed by atoms with Crippen molar-refractivity contribution in [1.29, 1.82) is 0 Å². The first kappa shape index (κ1) is 46.4. The molecule has 14 N–H and O–H groups in total. The standard InChI is InChI=1S/C37H57N11O10/c1-18(2)29(34(56)43-24(11-12-28(50)51)32(54)46-27-16-19(3)48(36(27)58)20(4)30(39)52)47-15-13-25(35(47)57)44-33(55)26(17-21-7-9-22(49)10-8-21)45-31(53)23(38)6-5-14-42-37(40)41/h7-10,18-20,23-27,29,49H,5-6,11-17,38H2,1-4H3,(H2,39,52)(H,43,56)(H,44,55)(H,45,53)(H,46,54)(H,50,51)(H4,40,41,42)/t19?,20-,23-,24-,25-,26-,27-,29-/m1/s1. The van der Waals surface area contributed by atoms with Gasteiger partial charge in [-0.05, 0) is 69.6 Å². The number of phenolic OH excluding ortho intramolecular Hbond substituents is 1. The second-order valence-electron chi connectivity index (χ2n) is 15.0. The zero-order chi connectivity index (χ0) is 43.4. The number of hydrogen-bond donors (Lipinski definition) is 10. The topological polar surface area (TPSA) is 348 Å². The number of nitrogens with two attached hydrogens (primary N) is 4. The summed E-state index contributed by atoms with van der Waals surface area (Å²) in [4.78, 5) is 111. The summed E-state index contributed by atoms with van der Waals surface area (Å²) < 4.78 is 0. The van der Waals surface area contributed by atoms with E-state index in [1.165, 1.54) is 28.9 Å². The number of carboxylic acids is 1. The van der Waals surface area contributed by atoms with Crippen LogP contribution in [0.25, 0.3) is 0 Å². The van der Waals surface area contributed by atoms with E-state index in [2.05, 4.69) is 26.3 Å². The lowest BCUT2D eigenvalue weighted by Gasteiger charge is -2.32. The van der Waals surface area contributed by atoms with Crippen LogP contribution in [0, 0.1) is 5.92 Å². The van der Waals surface area contributed by atoms with Crippen LogP contribution in [0.3, 0.4) is 0 Å². The van der Waals surface area contributed by atoms with Crippen LogP contribution >= 0.6 is 0 Å². The summed E-state index contributed by atoms with van der Waals surface area (Å²) in [6, 6.07) is -2.34. The van der Waals surface area contributed by atoms with Gasteiger partial charge in [0, 0.05) is 32.0 Å².